The van der Waals surface area contributed by atoms with Gasteiger partial charge in [-0.1, -0.05) is 0 Å². The molecule has 2 N–H and O–H groups in total. The lowest BCUT2D eigenvalue weighted by Crippen LogP contribution is -2.31. The highest BCUT2D eigenvalue weighted by Crippen LogP contribution is 2.37. The van der Waals surface area contributed by atoms with E-state index in [4.69, 9.17) is 21.7 Å². The fourth-order valence-electron chi connectivity index (χ4n) is 2.72. The number of anilines is 1. The molecule has 124 valence electrons. The molecule has 0 spiro atoms. The van der Waals surface area contributed by atoms with Gasteiger partial charge in [-0.3, -0.25) is 20.1 Å². The van der Waals surface area contributed by atoms with E-state index < -0.39 is 5.92 Å². The molecule has 0 bridgehead atoms. The maximum absolute atomic E-state index is 12.3. The second-order valence-electron chi connectivity index (χ2n) is 5.45. The summed E-state index contributed by atoms with van der Waals surface area (Å²) in [4.78, 5) is 26.2. The van der Waals surface area contributed by atoms with Crippen LogP contribution in [0.4, 0.5) is 5.69 Å². The lowest BCUT2D eigenvalue weighted by molar-refractivity contribution is -0.123. The standard InChI is InChI=1S/C14H13N5O4S/c20-12-3-8(13(21)17-19-6-15-16-14(19)24)5-18(12)9-1-2-10-11(4-9)23-7-22-10/h1-2,4,6,8H,3,5,7H2,(H,16,24)(H,17,21)/t8-/m1/s1. The van der Waals surface area contributed by atoms with Crippen molar-refractivity contribution in [1.82, 2.24) is 14.9 Å². The normalized spacial score (nSPS) is 18.9. The molecule has 24 heavy (non-hydrogen) atoms. The van der Waals surface area contributed by atoms with Crippen molar-refractivity contribution in [2.24, 2.45) is 5.92 Å². The van der Waals surface area contributed by atoms with Gasteiger partial charge in [0.1, 0.15) is 6.33 Å². The van der Waals surface area contributed by atoms with Crippen molar-refractivity contribution in [3.63, 3.8) is 0 Å². The predicted octanol–water partition coefficient (Wildman–Crippen LogP) is 0.793. The smallest absolute Gasteiger partial charge is 0.244 e. The fraction of sp³-hybridized carbons (Fsp3) is 0.286. The lowest BCUT2D eigenvalue weighted by Gasteiger charge is -2.17. The molecule has 2 aromatic rings. The van der Waals surface area contributed by atoms with Gasteiger partial charge >= 0.3 is 0 Å². The molecule has 9 nitrogen and oxygen atoms in total. The SMILES string of the molecule is O=C(Nn1cn[nH]c1=S)[C@@H]1CC(=O)N(c2ccc3c(c2)OCO3)C1. The van der Waals surface area contributed by atoms with Crippen LogP contribution in [0.5, 0.6) is 11.5 Å². The summed E-state index contributed by atoms with van der Waals surface area (Å²) >= 11 is 4.97. The monoisotopic (exact) mass is 347 g/mol. The second-order valence-corrected chi connectivity index (χ2v) is 5.84. The molecular weight excluding hydrogens is 334 g/mol. The first kappa shape index (κ1) is 14.7. The minimum atomic E-state index is -0.472. The molecule has 1 saturated heterocycles. The first-order chi connectivity index (χ1) is 11.6. The van der Waals surface area contributed by atoms with Gasteiger partial charge in [-0.2, -0.15) is 5.10 Å². The first-order valence-electron chi connectivity index (χ1n) is 7.25. The first-order valence-corrected chi connectivity index (χ1v) is 7.65. The van der Waals surface area contributed by atoms with Gasteiger partial charge in [0.05, 0.1) is 5.92 Å². The lowest BCUT2D eigenvalue weighted by atomic mass is 10.1. The van der Waals surface area contributed by atoms with Gasteiger partial charge in [-0.05, 0) is 24.4 Å². The average molecular weight is 347 g/mol. The molecule has 1 aromatic carbocycles. The number of aromatic nitrogens is 3. The number of amides is 2. The Bertz CT molecular complexity index is 876. The summed E-state index contributed by atoms with van der Waals surface area (Å²) in [5.41, 5.74) is 3.30. The number of nitrogens with zero attached hydrogens (tertiary/aromatic N) is 3. The molecule has 2 aliphatic rings. The van der Waals surface area contributed by atoms with Gasteiger partial charge in [0.15, 0.2) is 11.5 Å². The number of nitrogens with one attached hydrogen (secondary N) is 2. The maximum Gasteiger partial charge on any atom is 0.244 e. The van der Waals surface area contributed by atoms with E-state index >= 15 is 0 Å². The molecule has 0 saturated carbocycles. The zero-order chi connectivity index (χ0) is 16.7. The summed E-state index contributed by atoms with van der Waals surface area (Å²) in [5, 5.41) is 6.27. The van der Waals surface area contributed by atoms with Gasteiger partial charge in [0.25, 0.3) is 0 Å². The van der Waals surface area contributed by atoms with Crippen LogP contribution in [0.15, 0.2) is 24.5 Å². The number of benzene rings is 1. The van der Waals surface area contributed by atoms with Crippen LogP contribution >= 0.6 is 12.2 Å². The maximum atomic E-state index is 12.3. The van der Waals surface area contributed by atoms with Crippen molar-refractivity contribution in [3.05, 3.63) is 29.3 Å². The molecule has 0 aliphatic carbocycles. The zero-order valence-corrected chi connectivity index (χ0v) is 13.2. The van der Waals surface area contributed by atoms with Gasteiger partial charge in [0.2, 0.25) is 23.4 Å². The van der Waals surface area contributed by atoms with Crippen LogP contribution in [0.3, 0.4) is 0 Å². The number of H-pyrrole nitrogens is 1. The Hall–Kier alpha value is -2.88. The summed E-state index contributed by atoms with van der Waals surface area (Å²) in [7, 11) is 0. The van der Waals surface area contributed by atoms with Crippen LogP contribution in [0, 0.1) is 10.7 Å². The Balaban J connectivity index is 1.49. The minimum absolute atomic E-state index is 0.121. The average Bonchev–Trinajstić information content (AvgIpc) is 3.27. The van der Waals surface area contributed by atoms with Crippen molar-refractivity contribution in [1.29, 1.82) is 0 Å². The molecule has 2 amide bonds. The quantitative estimate of drug-likeness (QED) is 0.796. The third kappa shape index (κ3) is 2.50. The van der Waals surface area contributed by atoms with Gasteiger partial charge in [-0.15, -0.1) is 0 Å². The molecule has 3 heterocycles. The Kier molecular flexibility index (Phi) is 3.45. The predicted molar refractivity (Wildman–Crippen MR) is 84.8 cm³/mol. The molecule has 0 unspecified atom stereocenters. The summed E-state index contributed by atoms with van der Waals surface area (Å²) in [6, 6.07) is 5.27. The van der Waals surface area contributed by atoms with E-state index in [1.807, 2.05) is 0 Å². The van der Waals surface area contributed by atoms with Gasteiger partial charge < -0.3 is 14.4 Å². The summed E-state index contributed by atoms with van der Waals surface area (Å²) in [5.74, 6) is 0.362. The van der Waals surface area contributed by atoms with Crippen molar-refractivity contribution in [2.75, 3.05) is 23.7 Å². The Labute approximate surface area is 141 Å². The van der Waals surface area contributed by atoms with E-state index in [2.05, 4.69) is 15.6 Å². The highest BCUT2D eigenvalue weighted by atomic mass is 32.1. The number of carbonyl (C=O) groups is 2. The third-order valence-electron chi connectivity index (χ3n) is 3.95. The van der Waals surface area contributed by atoms with Crippen molar-refractivity contribution in [2.45, 2.75) is 6.42 Å². The van der Waals surface area contributed by atoms with Crippen LogP contribution < -0.4 is 19.8 Å². The van der Waals surface area contributed by atoms with Crippen LogP contribution in [0.25, 0.3) is 0 Å². The molecular formula is C14H13N5O4S. The largest absolute Gasteiger partial charge is 0.454 e. The van der Waals surface area contributed by atoms with Crippen LogP contribution in [-0.4, -0.2) is 40.0 Å². The van der Waals surface area contributed by atoms with Crippen LogP contribution in [-0.2, 0) is 9.59 Å². The topological polar surface area (TPSA) is 101 Å². The molecule has 1 aromatic heterocycles. The van der Waals surface area contributed by atoms with E-state index in [1.54, 1.807) is 23.1 Å². The number of hydrogen-bond donors (Lipinski definition) is 2. The second kappa shape index (κ2) is 5.64. The highest BCUT2D eigenvalue weighted by Gasteiger charge is 2.36. The van der Waals surface area contributed by atoms with Crippen molar-refractivity contribution in [3.8, 4) is 11.5 Å². The highest BCUT2D eigenvalue weighted by molar-refractivity contribution is 7.71. The number of rotatable bonds is 3. The number of ether oxygens (including phenoxy) is 2. The van der Waals surface area contributed by atoms with E-state index in [9.17, 15) is 9.59 Å². The van der Waals surface area contributed by atoms with Crippen LogP contribution in [0.1, 0.15) is 6.42 Å². The number of hydrogen-bond acceptors (Lipinski definition) is 6. The van der Waals surface area contributed by atoms with Crippen molar-refractivity contribution < 1.29 is 19.1 Å². The summed E-state index contributed by atoms with van der Waals surface area (Å²) in [6.07, 6.45) is 1.50. The molecule has 0 radical (unpaired) electrons. The minimum Gasteiger partial charge on any atom is -0.454 e. The molecule has 10 heteroatoms. The molecule has 1 fully saturated rings. The van der Waals surface area contributed by atoms with E-state index in [-0.39, 0.29) is 36.3 Å². The van der Waals surface area contributed by atoms with E-state index in [0.29, 0.717) is 17.2 Å². The van der Waals surface area contributed by atoms with Crippen molar-refractivity contribution >= 4 is 29.7 Å². The molecule has 1 atom stereocenters. The molecule has 2 aliphatic heterocycles. The van der Waals surface area contributed by atoms with Gasteiger partial charge in [-0.25, -0.2) is 4.68 Å². The van der Waals surface area contributed by atoms with E-state index in [0.717, 1.165) is 0 Å². The number of aromatic amines is 1. The Morgan fingerprint density at radius 3 is 3.00 bits per heavy atom. The summed E-state index contributed by atoms with van der Waals surface area (Å²) in [6.45, 7) is 0.457. The number of carbonyl (C=O) groups excluding carboxylic acids is 2. The fourth-order valence-corrected chi connectivity index (χ4v) is 2.87. The Morgan fingerprint density at radius 1 is 1.38 bits per heavy atom. The van der Waals surface area contributed by atoms with Crippen LogP contribution in [0.2, 0.25) is 0 Å². The summed E-state index contributed by atoms with van der Waals surface area (Å²) < 4.78 is 12.2. The zero-order valence-electron chi connectivity index (χ0n) is 12.4. The van der Waals surface area contributed by atoms with Gasteiger partial charge in [0, 0.05) is 24.7 Å². The number of fused-ring (bicyclic) bond motifs is 1. The Morgan fingerprint density at radius 2 is 2.21 bits per heavy atom. The molecule has 4 rings (SSSR count). The third-order valence-corrected chi connectivity index (χ3v) is 4.23. The van der Waals surface area contributed by atoms with E-state index in [1.165, 1.54) is 11.0 Å².